The lowest BCUT2D eigenvalue weighted by molar-refractivity contribution is -0.255. The van der Waals surface area contributed by atoms with Crippen LogP contribution in [0.3, 0.4) is 0 Å². The molecule has 0 fully saturated rings. The number of carboxylic acids is 1. The van der Waals surface area contributed by atoms with Gasteiger partial charge in [0.1, 0.15) is 5.70 Å². The Bertz CT molecular complexity index is 1040. The molecule has 0 heterocycles. The minimum absolute atomic E-state index is 0.000399. The highest BCUT2D eigenvalue weighted by Crippen LogP contribution is 2.12. The normalized spacial score (nSPS) is 10.8. The highest BCUT2D eigenvalue weighted by molar-refractivity contribution is 6.10. The lowest BCUT2D eigenvalue weighted by Gasteiger charge is -2.12. The van der Waals surface area contributed by atoms with Crippen LogP contribution in [0.2, 0.25) is 0 Å². The first-order valence-corrected chi connectivity index (χ1v) is 8.79. The van der Waals surface area contributed by atoms with Crippen LogP contribution in [0.15, 0.2) is 90.6 Å². The fraction of sp³-hybridized carbons (Fsp3) is 0. The van der Waals surface area contributed by atoms with Gasteiger partial charge in [0.15, 0.2) is 0 Å². The number of anilines is 1. The Morgan fingerprint density at radius 2 is 1.31 bits per heavy atom. The number of hydrogen-bond acceptors (Lipinski definition) is 4. The van der Waals surface area contributed by atoms with Crippen LogP contribution in [-0.2, 0) is 4.79 Å². The summed E-state index contributed by atoms with van der Waals surface area (Å²) in [5, 5.41) is 16.1. The minimum Gasteiger partial charge on any atom is -0.545 e. The lowest BCUT2D eigenvalue weighted by atomic mass is 10.1. The van der Waals surface area contributed by atoms with E-state index < -0.39 is 17.8 Å². The number of nitrogens with one attached hydrogen (secondary N) is 2. The molecule has 6 heteroatoms. The van der Waals surface area contributed by atoms with Crippen LogP contribution in [0.25, 0.3) is 6.08 Å². The first kappa shape index (κ1) is 19.6. The largest absolute Gasteiger partial charge is 0.545 e. The van der Waals surface area contributed by atoms with Gasteiger partial charge in [0.25, 0.3) is 11.8 Å². The van der Waals surface area contributed by atoms with E-state index in [4.69, 9.17) is 0 Å². The number of carboxylic acid groups (broad SMARTS) is 1. The van der Waals surface area contributed by atoms with Crippen LogP contribution in [0, 0.1) is 0 Å². The Kier molecular flexibility index (Phi) is 6.17. The van der Waals surface area contributed by atoms with Gasteiger partial charge in [-0.1, -0.05) is 60.7 Å². The predicted molar refractivity (Wildman–Crippen MR) is 108 cm³/mol. The zero-order valence-electron chi connectivity index (χ0n) is 15.3. The monoisotopic (exact) mass is 385 g/mol. The maximum atomic E-state index is 12.8. The van der Waals surface area contributed by atoms with Crippen molar-refractivity contribution in [2.75, 3.05) is 5.32 Å². The van der Waals surface area contributed by atoms with Gasteiger partial charge in [-0.2, -0.15) is 0 Å². The molecule has 0 radical (unpaired) electrons. The molecule has 29 heavy (non-hydrogen) atoms. The van der Waals surface area contributed by atoms with Crippen molar-refractivity contribution in [1.82, 2.24) is 5.32 Å². The Balaban J connectivity index is 1.84. The van der Waals surface area contributed by atoms with E-state index in [-0.39, 0.29) is 11.3 Å². The van der Waals surface area contributed by atoms with E-state index in [0.717, 1.165) is 5.56 Å². The second kappa shape index (κ2) is 9.14. The number of aromatic carboxylic acids is 1. The Morgan fingerprint density at radius 1 is 0.724 bits per heavy atom. The third-order valence-electron chi connectivity index (χ3n) is 4.02. The molecule has 0 saturated heterocycles. The van der Waals surface area contributed by atoms with Crippen LogP contribution < -0.4 is 15.7 Å². The van der Waals surface area contributed by atoms with Crippen LogP contribution in [0.1, 0.15) is 26.3 Å². The Morgan fingerprint density at radius 3 is 1.90 bits per heavy atom. The van der Waals surface area contributed by atoms with Crippen LogP contribution in [-0.4, -0.2) is 17.8 Å². The maximum Gasteiger partial charge on any atom is 0.272 e. The molecule has 3 rings (SSSR count). The van der Waals surface area contributed by atoms with Gasteiger partial charge in [0.2, 0.25) is 0 Å². The van der Waals surface area contributed by atoms with Crippen molar-refractivity contribution < 1.29 is 19.5 Å². The molecule has 0 bridgehead atoms. The van der Waals surface area contributed by atoms with Crippen molar-refractivity contribution in [1.29, 1.82) is 0 Å². The van der Waals surface area contributed by atoms with Crippen LogP contribution in [0.4, 0.5) is 5.69 Å². The van der Waals surface area contributed by atoms with Crippen molar-refractivity contribution in [3.63, 3.8) is 0 Å². The summed E-state index contributed by atoms with van der Waals surface area (Å²) >= 11 is 0. The third-order valence-corrected chi connectivity index (χ3v) is 4.02. The molecule has 6 nitrogen and oxygen atoms in total. The molecule has 2 N–H and O–H groups in total. The second-order valence-corrected chi connectivity index (χ2v) is 6.11. The van der Waals surface area contributed by atoms with Gasteiger partial charge >= 0.3 is 0 Å². The quantitative estimate of drug-likeness (QED) is 0.637. The molecule has 0 unspecified atom stereocenters. The van der Waals surface area contributed by atoms with Crippen molar-refractivity contribution in [3.05, 3.63) is 107 Å². The van der Waals surface area contributed by atoms with Gasteiger partial charge in [0.05, 0.1) is 5.97 Å². The smallest absolute Gasteiger partial charge is 0.272 e. The number of benzene rings is 3. The minimum atomic E-state index is -1.30. The van der Waals surface area contributed by atoms with E-state index in [1.54, 1.807) is 48.5 Å². The maximum absolute atomic E-state index is 12.8. The highest BCUT2D eigenvalue weighted by atomic mass is 16.4. The number of amides is 2. The predicted octanol–water partition coefficient (Wildman–Crippen LogP) is 2.46. The molecule has 2 amide bonds. The van der Waals surface area contributed by atoms with Gasteiger partial charge in [-0.15, -0.1) is 0 Å². The average molecular weight is 385 g/mol. The van der Waals surface area contributed by atoms with Crippen molar-refractivity contribution in [3.8, 4) is 0 Å². The second-order valence-electron chi connectivity index (χ2n) is 6.11. The summed E-state index contributed by atoms with van der Waals surface area (Å²) < 4.78 is 0. The standard InChI is InChI=1S/C23H18N2O4/c26-21(17-9-5-2-6-10-17)25-20(15-16-7-3-1-4-8-16)22(27)24-19-13-11-18(12-14-19)23(28)29/h1-15H,(H,24,27)(H,25,26)(H,28,29)/p-1/b20-15-. The van der Waals surface area contributed by atoms with Gasteiger partial charge in [0, 0.05) is 11.3 Å². The fourth-order valence-electron chi connectivity index (χ4n) is 2.55. The summed E-state index contributed by atoms with van der Waals surface area (Å²) in [6.45, 7) is 0. The van der Waals surface area contributed by atoms with Crippen molar-refractivity contribution >= 4 is 29.5 Å². The van der Waals surface area contributed by atoms with E-state index in [1.165, 1.54) is 24.3 Å². The molecule has 144 valence electrons. The van der Waals surface area contributed by atoms with Gasteiger partial charge in [-0.25, -0.2) is 0 Å². The molecular weight excluding hydrogens is 368 g/mol. The molecule has 0 spiro atoms. The first-order chi connectivity index (χ1) is 14.0. The first-order valence-electron chi connectivity index (χ1n) is 8.79. The summed E-state index contributed by atoms with van der Waals surface area (Å²) in [5.41, 5.74) is 1.58. The van der Waals surface area contributed by atoms with E-state index in [1.807, 2.05) is 18.2 Å². The molecule has 0 aliphatic heterocycles. The topological polar surface area (TPSA) is 98.3 Å². The molecule has 0 aromatic heterocycles. The Labute approximate surface area is 167 Å². The Hall–Kier alpha value is -4.19. The van der Waals surface area contributed by atoms with Gasteiger partial charge < -0.3 is 20.5 Å². The molecule has 0 saturated carbocycles. The number of rotatable bonds is 6. The van der Waals surface area contributed by atoms with Crippen LogP contribution >= 0.6 is 0 Å². The summed E-state index contributed by atoms with van der Waals surface area (Å²) in [6.07, 6.45) is 1.56. The lowest BCUT2D eigenvalue weighted by Crippen LogP contribution is -2.30. The summed E-state index contributed by atoms with van der Waals surface area (Å²) in [4.78, 5) is 36.1. The van der Waals surface area contributed by atoms with Crippen molar-refractivity contribution in [2.24, 2.45) is 0 Å². The van der Waals surface area contributed by atoms with Crippen LogP contribution in [0.5, 0.6) is 0 Å². The summed E-state index contributed by atoms with van der Waals surface area (Å²) in [6, 6.07) is 23.2. The zero-order valence-corrected chi connectivity index (χ0v) is 15.3. The summed E-state index contributed by atoms with van der Waals surface area (Å²) in [7, 11) is 0. The zero-order chi connectivity index (χ0) is 20.6. The number of hydrogen-bond donors (Lipinski definition) is 2. The van der Waals surface area contributed by atoms with E-state index in [0.29, 0.717) is 11.3 Å². The van der Waals surface area contributed by atoms with Gasteiger partial charge in [-0.3, -0.25) is 9.59 Å². The van der Waals surface area contributed by atoms with E-state index >= 15 is 0 Å². The number of carbonyl (C=O) groups excluding carboxylic acids is 3. The molecule has 3 aromatic rings. The molecular formula is C23H17N2O4-. The molecule has 0 aliphatic rings. The average Bonchev–Trinajstić information content (AvgIpc) is 2.75. The SMILES string of the molecule is O=C(Nc1ccc(C(=O)[O-])cc1)/C(=C/c1ccccc1)NC(=O)c1ccccc1. The number of carbonyl (C=O) groups is 3. The van der Waals surface area contributed by atoms with Gasteiger partial charge in [-0.05, 0) is 41.5 Å². The van der Waals surface area contributed by atoms with E-state index in [9.17, 15) is 19.5 Å². The molecule has 0 atom stereocenters. The van der Waals surface area contributed by atoms with Crippen molar-refractivity contribution in [2.45, 2.75) is 0 Å². The summed E-state index contributed by atoms with van der Waals surface area (Å²) in [5.74, 6) is -2.27. The molecule has 3 aromatic carbocycles. The third kappa shape index (κ3) is 5.40. The highest BCUT2D eigenvalue weighted by Gasteiger charge is 2.15. The molecule has 0 aliphatic carbocycles. The fourth-order valence-corrected chi connectivity index (χ4v) is 2.55. The van der Waals surface area contributed by atoms with E-state index in [2.05, 4.69) is 10.6 Å².